The highest BCUT2D eigenvalue weighted by atomic mass is 16.3. The Hall–Kier alpha value is -0.120. The second-order valence-electron chi connectivity index (χ2n) is 6.03. The molecular formula is C13H26N2O. The van der Waals surface area contributed by atoms with Crippen LogP contribution in [-0.4, -0.2) is 47.3 Å². The molecule has 3 unspecified atom stereocenters. The van der Waals surface area contributed by atoms with Gasteiger partial charge in [0.1, 0.15) is 0 Å². The van der Waals surface area contributed by atoms with Crippen LogP contribution in [-0.2, 0) is 0 Å². The van der Waals surface area contributed by atoms with Crippen LogP contribution < -0.4 is 5.32 Å². The van der Waals surface area contributed by atoms with E-state index < -0.39 is 5.60 Å². The summed E-state index contributed by atoms with van der Waals surface area (Å²) in [7, 11) is 2.17. The summed E-state index contributed by atoms with van der Waals surface area (Å²) in [5.41, 5.74) is -0.529. The Morgan fingerprint density at radius 3 is 2.38 bits per heavy atom. The Kier molecular flexibility index (Phi) is 3.57. The van der Waals surface area contributed by atoms with Gasteiger partial charge in [-0.3, -0.25) is 0 Å². The van der Waals surface area contributed by atoms with Crippen LogP contribution in [0.2, 0.25) is 0 Å². The molecule has 2 fully saturated rings. The van der Waals surface area contributed by atoms with Gasteiger partial charge < -0.3 is 15.3 Å². The fourth-order valence-corrected chi connectivity index (χ4v) is 3.17. The lowest BCUT2D eigenvalue weighted by molar-refractivity contribution is 0.00545. The van der Waals surface area contributed by atoms with Crippen molar-refractivity contribution in [1.82, 2.24) is 10.2 Å². The fourth-order valence-electron chi connectivity index (χ4n) is 3.17. The number of hydrogen-bond acceptors (Lipinski definition) is 3. The van der Waals surface area contributed by atoms with Crippen molar-refractivity contribution in [2.24, 2.45) is 0 Å². The van der Waals surface area contributed by atoms with Crippen LogP contribution in [0.4, 0.5) is 0 Å². The van der Waals surface area contributed by atoms with Gasteiger partial charge in [0.05, 0.1) is 5.60 Å². The van der Waals surface area contributed by atoms with Crippen molar-refractivity contribution >= 4 is 0 Å². The highest BCUT2D eigenvalue weighted by molar-refractivity contribution is 4.95. The number of piperidine rings is 1. The number of rotatable bonds is 4. The Balaban J connectivity index is 1.88. The zero-order valence-corrected chi connectivity index (χ0v) is 10.9. The summed E-state index contributed by atoms with van der Waals surface area (Å²) < 4.78 is 0. The van der Waals surface area contributed by atoms with Crippen LogP contribution in [0.15, 0.2) is 0 Å². The molecule has 2 rings (SSSR count). The normalized spacial score (nSPS) is 37.7. The molecule has 0 aromatic heterocycles. The van der Waals surface area contributed by atoms with Gasteiger partial charge in [-0.2, -0.15) is 0 Å². The number of hydrogen-bond donors (Lipinski definition) is 2. The molecule has 0 amide bonds. The minimum Gasteiger partial charge on any atom is -0.389 e. The van der Waals surface area contributed by atoms with Gasteiger partial charge in [0.2, 0.25) is 0 Å². The van der Waals surface area contributed by atoms with Gasteiger partial charge in [0.15, 0.2) is 0 Å². The van der Waals surface area contributed by atoms with Crippen molar-refractivity contribution in [3.8, 4) is 0 Å². The molecule has 2 heterocycles. The summed E-state index contributed by atoms with van der Waals surface area (Å²) in [4.78, 5) is 2.37. The number of nitrogens with one attached hydrogen (secondary N) is 1. The highest BCUT2D eigenvalue weighted by Crippen LogP contribution is 2.29. The Bertz CT molecular complexity index is 230. The number of aliphatic hydroxyl groups is 1. The largest absolute Gasteiger partial charge is 0.389 e. The van der Waals surface area contributed by atoms with E-state index in [4.69, 9.17) is 0 Å². The molecule has 3 heteroatoms. The summed E-state index contributed by atoms with van der Waals surface area (Å²) in [5, 5.41) is 13.8. The van der Waals surface area contributed by atoms with Crippen LogP contribution in [0.1, 0.15) is 46.0 Å². The summed E-state index contributed by atoms with van der Waals surface area (Å²) in [6.45, 7) is 4.80. The first kappa shape index (κ1) is 12.3. The molecular weight excluding hydrogens is 200 g/mol. The molecule has 0 spiro atoms. The molecule has 0 saturated carbocycles. The van der Waals surface area contributed by atoms with Crippen LogP contribution in [0.5, 0.6) is 0 Å². The van der Waals surface area contributed by atoms with E-state index in [0.29, 0.717) is 6.04 Å². The van der Waals surface area contributed by atoms with Crippen LogP contribution in [0.25, 0.3) is 0 Å². The molecule has 3 atom stereocenters. The Labute approximate surface area is 99.2 Å². The predicted octanol–water partition coefficient (Wildman–Crippen LogP) is 1.36. The smallest absolute Gasteiger partial charge is 0.0743 e. The SMILES string of the molecule is CCC(C)(O)CN(C)C1CC2CCC(C1)N2. The Morgan fingerprint density at radius 2 is 1.88 bits per heavy atom. The zero-order chi connectivity index (χ0) is 11.8. The first-order chi connectivity index (χ1) is 7.50. The molecule has 16 heavy (non-hydrogen) atoms. The van der Waals surface area contributed by atoms with E-state index in [1.54, 1.807) is 0 Å². The van der Waals surface area contributed by atoms with Crippen molar-refractivity contribution in [3.05, 3.63) is 0 Å². The predicted molar refractivity (Wildman–Crippen MR) is 66.5 cm³/mol. The third kappa shape index (κ3) is 2.76. The zero-order valence-electron chi connectivity index (χ0n) is 10.9. The molecule has 94 valence electrons. The van der Waals surface area contributed by atoms with E-state index in [1.807, 2.05) is 6.92 Å². The van der Waals surface area contributed by atoms with E-state index in [0.717, 1.165) is 25.0 Å². The van der Waals surface area contributed by atoms with Crippen molar-refractivity contribution in [2.45, 2.75) is 69.7 Å². The number of fused-ring (bicyclic) bond motifs is 2. The van der Waals surface area contributed by atoms with Gasteiger partial charge in [-0.25, -0.2) is 0 Å². The summed E-state index contributed by atoms with van der Waals surface area (Å²) in [5.74, 6) is 0. The van der Waals surface area contributed by atoms with Gasteiger partial charge in [0, 0.05) is 24.7 Å². The maximum Gasteiger partial charge on any atom is 0.0743 e. The molecule has 0 aromatic rings. The van der Waals surface area contributed by atoms with Gasteiger partial charge in [-0.1, -0.05) is 6.92 Å². The first-order valence-electron chi connectivity index (χ1n) is 6.69. The van der Waals surface area contributed by atoms with Gasteiger partial charge in [0.25, 0.3) is 0 Å². The molecule has 3 nitrogen and oxygen atoms in total. The molecule has 0 radical (unpaired) electrons. The van der Waals surface area contributed by atoms with E-state index in [9.17, 15) is 5.11 Å². The van der Waals surface area contributed by atoms with E-state index in [2.05, 4.69) is 24.2 Å². The van der Waals surface area contributed by atoms with Gasteiger partial charge >= 0.3 is 0 Å². The lowest BCUT2D eigenvalue weighted by Gasteiger charge is -2.38. The van der Waals surface area contributed by atoms with Gasteiger partial charge in [-0.15, -0.1) is 0 Å². The van der Waals surface area contributed by atoms with Crippen LogP contribution >= 0.6 is 0 Å². The number of likely N-dealkylation sites (N-methyl/N-ethyl adjacent to an activating group) is 1. The molecule has 2 saturated heterocycles. The van der Waals surface area contributed by atoms with E-state index >= 15 is 0 Å². The minimum absolute atomic E-state index is 0.529. The topological polar surface area (TPSA) is 35.5 Å². The first-order valence-corrected chi connectivity index (χ1v) is 6.69. The standard InChI is InChI=1S/C13H26N2O/c1-4-13(2,16)9-15(3)12-7-10-5-6-11(8-12)14-10/h10-12,14,16H,4-9H2,1-3H3. The average Bonchev–Trinajstić information content (AvgIpc) is 2.57. The lowest BCUT2D eigenvalue weighted by atomic mass is 9.96. The molecule has 0 aliphatic carbocycles. The van der Waals surface area contributed by atoms with Crippen molar-refractivity contribution < 1.29 is 5.11 Å². The quantitative estimate of drug-likeness (QED) is 0.760. The van der Waals surface area contributed by atoms with Gasteiger partial charge in [-0.05, 0) is 46.1 Å². The lowest BCUT2D eigenvalue weighted by Crippen LogP contribution is -2.50. The minimum atomic E-state index is -0.529. The molecule has 2 aliphatic rings. The van der Waals surface area contributed by atoms with Crippen LogP contribution in [0.3, 0.4) is 0 Å². The third-order valence-electron chi connectivity index (χ3n) is 4.42. The van der Waals surface area contributed by atoms with Crippen molar-refractivity contribution in [3.63, 3.8) is 0 Å². The third-order valence-corrected chi connectivity index (χ3v) is 4.42. The molecule has 2 aliphatic heterocycles. The molecule has 2 N–H and O–H groups in total. The summed E-state index contributed by atoms with van der Waals surface area (Å²) in [6, 6.07) is 2.13. The second-order valence-corrected chi connectivity index (χ2v) is 6.03. The van der Waals surface area contributed by atoms with E-state index in [1.165, 1.54) is 25.7 Å². The van der Waals surface area contributed by atoms with Crippen molar-refractivity contribution in [1.29, 1.82) is 0 Å². The molecule has 0 aromatic carbocycles. The Morgan fingerprint density at radius 1 is 1.31 bits per heavy atom. The fraction of sp³-hybridized carbons (Fsp3) is 1.00. The van der Waals surface area contributed by atoms with Crippen LogP contribution in [0, 0.1) is 0 Å². The number of nitrogens with zero attached hydrogens (tertiary/aromatic N) is 1. The maximum atomic E-state index is 10.1. The highest BCUT2D eigenvalue weighted by Gasteiger charge is 2.36. The molecule has 2 bridgehead atoms. The summed E-state index contributed by atoms with van der Waals surface area (Å²) in [6.07, 6.45) is 6.03. The second kappa shape index (κ2) is 4.63. The van der Waals surface area contributed by atoms with E-state index in [-0.39, 0.29) is 0 Å². The van der Waals surface area contributed by atoms with Crippen molar-refractivity contribution in [2.75, 3.05) is 13.6 Å². The average molecular weight is 226 g/mol. The monoisotopic (exact) mass is 226 g/mol. The summed E-state index contributed by atoms with van der Waals surface area (Å²) >= 11 is 0. The maximum absolute atomic E-state index is 10.1.